The topological polar surface area (TPSA) is 42.7 Å². The molecule has 0 spiro atoms. The first kappa shape index (κ1) is 10.5. The van der Waals surface area contributed by atoms with Gasteiger partial charge < -0.3 is 9.88 Å². The van der Waals surface area contributed by atoms with Gasteiger partial charge in [0.1, 0.15) is 5.82 Å². The van der Waals surface area contributed by atoms with E-state index in [0.717, 1.165) is 31.3 Å². The summed E-state index contributed by atoms with van der Waals surface area (Å²) in [7, 11) is 0. The van der Waals surface area contributed by atoms with Gasteiger partial charge in [0.15, 0.2) is 5.82 Å². The van der Waals surface area contributed by atoms with Gasteiger partial charge in [-0.25, -0.2) is 0 Å². The second-order valence-electron chi connectivity index (χ2n) is 4.64. The Morgan fingerprint density at radius 3 is 2.65 bits per heavy atom. The number of nitrogens with zero attached hydrogens (tertiary/aromatic N) is 3. The quantitative estimate of drug-likeness (QED) is 0.807. The first-order chi connectivity index (χ1) is 8.24. The van der Waals surface area contributed by atoms with Gasteiger partial charge >= 0.3 is 0 Å². The van der Waals surface area contributed by atoms with Crippen LogP contribution in [0.5, 0.6) is 0 Å². The number of hydrogen-bond acceptors (Lipinski definition) is 3. The number of aromatic nitrogens is 3. The average molecular weight is 228 g/mol. The molecular formula is C13H16N4. The van der Waals surface area contributed by atoms with Gasteiger partial charge in [0.05, 0.1) is 6.54 Å². The molecule has 0 unspecified atom stereocenters. The second-order valence-corrected chi connectivity index (χ2v) is 4.64. The molecule has 2 aromatic rings. The van der Waals surface area contributed by atoms with Crippen molar-refractivity contribution in [1.29, 1.82) is 0 Å². The molecule has 3 rings (SSSR count). The Kier molecular flexibility index (Phi) is 2.44. The second kappa shape index (κ2) is 3.96. The van der Waals surface area contributed by atoms with Crippen molar-refractivity contribution in [2.24, 2.45) is 0 Å². The maximum Gasteiger partial charge on any atom is 0.164 e. The Morgan fingerprint density at radius 2 is 1.88 bits per heavy atom. The minimum Gasteiger partial charge on any atom is -0.309 e. The van der Waals surface area contributed by atoms with Crippen LogP contribution in [-0.2, 0) is 13.1 Å². The summed E-state index contributed by atoms with van der Waals surface area (Å²) in [6, 6.07) is 6.52. The Morgan fingerprint density at radius 1 is 1.12 bits per heavy atom. The van der Waals surface area contributed by atoms with Gasteiger partial charge in [-0.2, -0.15) is 0 Å². The van der Waals surface area contributed by atoms with Gasteiger partial charge in [-0.05, 0) is 26.0 Å². The fraction of sp³-hybridized carbons (Fsp3) is 0.385. The van der Waals surface area contributed by atoms with Crippen LogP contribution >= 0.6 is 0 Å². The van der Waals surface area contributed by atoms with Crippen molar-refractivity contribution in [2.45, 2.75) is 26.9 Å². The van der Waals surface area contributed by atoms with Gasteiger partial charge in [0.2, 0.25) is 0 Å². The lowest BCUT2D eigenvalue weighted by atomic mass is 10.1. The standard InChI is InChI=1S/C13H16N4/c1-9-5-10(2)7-11(6-9)13-16-15-12-8-14-3-4-17(12)13/h5-7,14H,3-4,8H2,1-2H3. The summed E-state index contributed by atoms with van der Waals surface area (Å²) < 4.78 is 2.21. The van der Waals surface area contributed by atoms with Crippen molar-refractivity contribution in [2.75, 3.05) is 6.54 Å². The molecule has 88 valence electrons. The highest BCUT2D eigenvalue weighted by Crippen LogP contribution is 2.22. The molecule has 0 radical (unpaired) electrons. The third-order valence-corrected chi connectivity index (χ3v) is 3.10. The highest BCUT2D eigenvalue weighted by molar-refractivity contribution is 5.58. The third-order valence-electron chi connectivity index (χ3n) is 3.10. The summed E-state index contributed by atoms with van der Waals surface area (Å²) in [4.78, 5) is 0. The number of rotatable bonds is 1. The zero-order valence-electron chi connectivity index (χ0n) is 10.2. The van der Waals surface area contributed by atoms with Crippen LogP contribution in [-0.4, -0.2) is 21.3 Å². The Hall–Kier alpha value is -1.68. The fourth-order valence-corrected chi connectivity index (χ4v) is 2.41. The third kappa shape index (κ3) is 1.85. The first-order valence-corrected chi connectivity index (χ1v) is 5.95. The number of fused-ring (bicyclic) bond motifs is 1. The number of hydrogen-bond donors (Lipinski definition) is 1. The van der Waals surface area contributed by atoms with Crippen LogP contribution in [0.3, 0.4) is 0 Å². The van der Waals surface area contributed by atoms with Crippen LogP contribution in [0.2, 0.25) is 0 Å². The summed E-state index contributed by atoms with van der Waals surface area (Å²) in [5.41, 5.74) is 3.71. The smallest absolute Gasteiger partial charge is 0.164 e. The monoisotopic (exact) mass is 228 g/mol. The first-order valence-electron chi connectivity index (χ1n) is 5.95. The highest BCUT2D eigenvalue weighted by atomic mass is 15.3. The van der Waals surface area contributed by atoms with Crippen LogP contribution in [0.1, 0.15) is 17.0 Å². The molecular weight excluding hydrogens is 212 g/mol. The lowest BCUT2D eigenvalue weighted by Crippen LogP contribution is -2.28. The molecule has 4 nitrogen and oxygen atoms in total. The normalized spacial score (nSPS) is 14.7. The van der Waals surface area contributed by atoms with Gasteiger partial charge in [0.25, 0.3) is 0 Å². The predicted molar refractivity (Wildman–Crippen MR) is 66.6 cm³/mol. The number of aryl methyl sites for hydroxylation is 2. The number of nitrogens with one attached hydrogen (secondary N) is 1. The lowest BCUT2D eigenvalue weighted by Gasteiger charge is -2.16. The molecule has 0 saturated carbocycles. The SMILES string of the molecule is Cc1cc(C)cc(-c2nnc3n2CCNC3)c1. The van der Waals surface area contributed by atoms with Crippen molar-refractivity contribution in [3.8, 4) is 11.4 Å². The Labute approximate surface area is 101 Å². The lowest BCUT2D eigenvalue weighted by molar-refractivity contribution is 0.508. The maximum atomic E-state index is 4.32. The molecule has 1 aromatic carbocycles. The molecule has 1 aliphatic rings. The largest absolute Gasteiger partial charge is 0.309 e. The van der Waals surface area contributed by atoms with Gasteiger partial charge in [-0.15, -0.1) is 10.2 Å². The van der Waals surface area contributed by atoms with E-state index in [1.807, 2.05) is 0 Å². The van der Waals surface area contributed by atoms with Crippen LogP contribution in [0.15, 0.2) is 18.2 Å². The molecule has 0 fully saturated rings. The minimum absolute atomic E-state index is 0.817. The highest BCUT2D eigenvalue weighted by Gasteiger charge is 2.16. The van der Waals surface area contributed by atoms with Crippen LogP contribution in [0.4, 0.5) is 0 Å². The van der Waals surface area contributed by atoms with Crippen molar-refractivity contribution in [3.63, 3.8) is 0 Å². The van der Waals surface area contributed by atoms with Crippen molar-refractivity contribution < 1.29 is 0 Å². The zero-order chi connectivity index (χ0) is 11.8. The summed E-state index contributed by atoms with van der Waals surface area (Å²) >= 11 is 0. The molecule has 0 atom stereocenters. The van der Waals surface area contributed by atoms with E-state index in [1.54, 1.807) is 0 Å². The van der Waals surface area contributed by atoms with Gasteiger partial charge in [-0.1, -0.05) is 17.2 Å². The molecule has 2 heterocycles. The van der Waals surface area contributed by atoms with E-state index in [-0.39, 0.29) is 0 Å². The molecule has 1 aromatic heterocycles. The van der Waals surface area contributed by atoms with Crippen LogP contribution in [0, 0.1) is 13.8 Å². The molecule has 0 amide bonds. The Bertz CT molecular complexity index is 536. The molecule has 4 heteroatoms. The Balaban J connectivity index is 2.11. The molecule has 1 aliphatic heterocycles. The van der Waals surface area contributed by atoms with Crippen molar-refractivity contribution >= 4 is 0 Å². The van der Waals surface area contributed by atoms with E-state index in [0.29, 0.717) is 0 Å². The molecule has 0 aliphatic carbocycles. The summed E-state index contributed by atoms with van der Waals surface area (Å²) in [6.07, 6.45) is 0. The average Bonchev–Trinajstić information content (AvgIpc) is 2.71. The predicted octanol–water partition coefficient (Wildman–Crippen LogP) is 1.67. The summed E-state index contributed by atoms with van der Waals surface area (Å²) in [5.74, 6) is 2.03. The molecule has 0 bridgehead atoms. The fourth-order valence-electron chi connectivity index (χ4n) is 2.41. The molecule has 0 saturated heterocycles. The zero-order valence-corrected chi connectivity index (χ0v) is 10.2. The van der Waals surface area contributed by atoms with E-state index < -0.39 is 0 Å². The van der Waals surface area contributed by atoms with E-state index >= 15 is 0 Å². The molecule has 1 N–H and O–H groups in total. The van der Waals surface area contributed by atoms with E-state index in [9.17, 15) is 0 Å². The molecule has 17 heavy (non-hydrogen) atoms. The summed E-state index contributed by atoms with van der Waals surface area (Å²) in [6.45, 7) is 6.99. The maximum absolute atomic E-state index is 4.32. The van der Waals surface area contributed by atoms with Crippen LogP contribution < -0.4 is 5.32 Å². The minimum atomic E-state index is 0.817. The van der Waals surface area contributed by atoms with Crippen LogP contribution in [0.25, 0.3) is 11.4 Å². The number of benzene rings is 1. The summed E-state index contributed by atoms with van der Waals surface area (Å²) in [5, 5.41) is 11.9. The van der Waals surface area contributed by atoms with Crippen molar-refractivity contribution in [3.05, 3.63) is 35.2 Å². The van der Waals surface area contributed by atoms with E-state index in [1.165, 1.54) is 16.7 Å². The van der Waals surface area contributed by atoms with Crippen molar-refractivity contribution in [1.82, 2.24) is 20.1 Å². The van der Waals surface area contributed by atoms with E-state index in [4.69, 9.17) is 0 Å². The van der Waals surface area contributed by atoms with Gasteiger partial charge in [-0.3, -0.25) is 0 Å². The van der Waals surface area contributed by atoms with E-state index in [2.05, 4.69) is 52.1 Å². The van der Waals surface area contributed by atoms with Gasteiger partial charge in [0, 0.05) is 18.7 Å².